The van der Waals surface area contributed by atoms with Crippen LogP contribution in [0.5, 0.6) is 0 Å². The minimum Gasteiger partial charge on any atom is -0.491 e. The molecule has 110 valence electrons. The van der Waals surface area contributed by atoms with Crippen LogP contribution in [0.15, 0.2) is 53.4 Å². The number of hydrogen-bond donors (Lipinski definition) is 0. The first kappa shape index (κ1) is 14.6. The van der Waals surface area contributed by atoms with Crippen LogP contribution in [0.1, 0.15) is 23.3 Å². The number of Topliss-reactive ketones (excluding diaryl/α,β-unsaturated/α-hetero) is 1. The van der Waals surface area contributed by atoms with E-state index in [-0.39, 0.29) is 17.6 Å². The molecule has 1 aliphatic rings. The van der Waals surface area contributed by atoms with Gasteiger partial charge < -0.3 is 4.74 Å². The number of nitriles is 1. The van der Waals surface area contributed by atoms with Crippen LogP contribution in [-0.2, 0) is 9.53 Å². The van der Waals surface area contributed by atoms with Gasteiger partial charge in [-0.3, -0.25) is 4.79 Å². The number of ether oxygens (including phenoxy) is 1. The molecule has 3 nitrogen and oxygen atoms in total. The van der Waals surface area contributed by atoms with Crippen LogP contribution in [0, 0.1) is 17.2 Å². The smallest absolute Gasteiger partial charge is 0.140 e. The molecule has 0 fully saturated rings. The summed E-state index contributed by atoms with van der Waals surface area (Å²) >= 11 is 1.57. The Morgan fingerprint density at radius 2 is 2.05 bits per heavy atom. The second-order valence-electron chi connectivity index (χ2n) is 5.24. The zero-order chi connectivity index (χ0) is 15.5. The van der Waals surface area contributed by atoms with Crippen LogP contribution in [0.4, 0.5) is 0 Å². The molecule has 1 aromatic carbocycles. The summed E-state index contributed by atoms with van der Waals surface area (Å²) in [6.07, 6.45) is 0. The molecule has 0 saturated heterocycles. The average Bonchev–Trinajstić information content (AvgIpc) is 3.08. The molecule has 22 heavy (non-hydrogen) atoms. The molecule has 2 heterocycles. The van der Waals surface area contributed by atoms with Crippen molar-refractivity contribution in [3.63, 3.8) is 0 Å². The molecule has 0 unspecified atom stereocenters. The van der Waals surface area contributed by atoms with Crippen LogP contribution in [0.25, 0.3) is 5.76 Å². The van der Waals surface area contributed by atoms with Gasteiger partial charge in [-0.2, -0.15) is 5.26 Å². The minimum atomic E-state index is -0.305. The average molecular weight is 309 g/mol. The summed E-state index contributed by atoms with van der Waals surface area (Å²) in [7, 11) is 0. The first-order valence-electron chi connectivity index (χ1n) is 7.08. The van der Waals surface area contributed by atoms with Crippen molar-refractivity contribution in [2.75, 3.05) is 6.61 Å². The third-order valence-corrected chi connectivity index (χ3v) is 4.85. The van der Waals surface area contributed by atoms with E-state index in [0.29, 0.717) is 17.9 Å². The minimum absolute atomic E-state index is 0.0539. The van der Waals surface area contributed by atoms with Gasteiger partial charge in [0.05, 0.1) is 24.2 Å². The normalized spacial score (nSPS) is 21.1. The molecule has 2 aromatic rings. The maximum Gasteiger partial charge on any atom is 0.140 e. The monoisotopic (exact) mass is 309 g/mol. The highest BCUT2D eigenvalue weighted by Crippen LogP contribution is 2.43. The van der Waals surface area contributed by atoms with E-state index in [4.69, 9.17) is 4.74 Å². The molecule has 0 saturated carbocycles. The van der Waals surface area contributed by atoms with Crippen LogP contribution in [0.2, 0.25) is 0 Å². The van der Waals surface area contributed by atoms with Crippen LogP contribution in [0.3, 0.4) is 0 Å². The summed E-state index contributed by atoms with van der Waals surface area (Å²) < 4.78 is 5.81. The molecule has 0 amide bonds. The lowest BCUT2D eigenvalue weighted by Crippen LogP contribution is -2.30. The molecule has 0 bridgehead atoms. The molecule has 1 aromatic heterocycles. The van der Waals surface area contributed by atoms with Crippen molar-refractivity contribution in [2.24, 2.45) is 5.92 Å². The quantitative estimate of drug-likeness (QED) is 0.861. The molecule has 0 aliphatic carbocycles. The largest absolute Gasteiger partial charge is 0.491 e. The Morgan fingerprint density at radius 3 is 2.64 bits per heavy atom. The van der Waals surface area contributed by atoms with Crippen molar-refractivity contribution in [1.29, 1.82) is 5.26 Å². The second kappa shape index (κ2) is 6.17. The zero-order valence-electron chi connectivity index (χ0n) is 12.2. The Bertz CT molecular complexity index is 741. The summed E-state index contributed by atoms with van der Waals surface area (Å²) in [4.78, 5) is 13.0. The molecule has 4 heteroatoms. The molecular weight excluding hydrogens is 294 g/mol. The summed E-state index contributed by atoms with van der Waals surface area (Å²) in [6, 6.07) is 15.8. The van der Waals surface area contributed by atoms with Gasteiger partial charge in [0.15, 0.2) is 0 Å². The van der Waals surface area contributed by atoms with Gasteiger partial charge >= 0.3 is 0 Å². The van der Waals surface area contributed by atoms with Crippen molar-refractivity contribution in [3.05, 3.63) is 63.9 Å². The first-order chi connectivity index (χ1) is 10.7. The predicted octanol–water partition coefficient (Wildman–Crippen LogP) is 4.00. The fourth-order valence-corrected chi connectivity index (χ4v) is 3.70. The highest BCUT2D eigenvalue weighted by atomic mass is 32.1. The fourth-order valence-electron chi connectivity index (χ4n) is 2.80. The number of allylic oxidation sites excluding steroid dienone is 1. The molecule has 0 spiro atoms. The summed E-state index contributed by atoms with van der Waals surface area (Å²) in [5.74, 6) is 0.129. The third-order valence-electron chi connectivity index (χ3n) is 3.89. The number of benzene rings is 1. The van der Waals surface area contributed by atoms with Gasteiger partial charge in [-0.1, -0.05) is 36.4 Å². The maximum atomic E-state index is 12.0. The molecule has 0 N–H and O–H groups in total. The molecular formula is C18H15NO2S. The Balaban J connectivity index is 2.15. The van der Waals surface area contributed by atoms with Crippen LogP contribution >= 0.6 is 11.3 Å². The second-order valence-corrected chi connectivity index (χ2v) is 6.22. The predicted molar refractivity (Wildman–Crippen MR) is 86.2 cm³/mol. The lowest BCUT2D eigenvalue weighted by molar-refractivity contribution is -0.122. The van der Waals surface area contributed by atoms with E-state index in [2.05, 4.69) is 6.07 Å². The number of nitrogens with zero attached hydrogens (tertiary/aromatic N) is 1. The zero-order valence-corrected chi connectivity index (χ0v) is 13.0. The fraction of sp³-hybridized carbons (Fsp3) is 0.222. The third kappa shape index (κ3) is 2.56. The van der Waals surface area contributed by atoms with E-state index in [1.807, 2.05) is 47.8 Å². The topological polar surface area (TPSA) is 50.1 Å². The number of hydrogen-bond acceptors (Lipinski definition) is 4. The molecule has 0 radical (unpaired) electrons. The SMILES string of the molecule is CC(=O)[C@H]1COC(c2ccccc2)=C(C#N)[C@@H]1c1cccs1. The van der Waals surface area contributed by atoms with Gasteiger partial charge in [0.1, 0.15) is 11.5 Å². The lowest BCUT2D eigenvalue weighted by Gasteiger charge is -2.31. The van der Waals surface area contributed by atoms with E-state index in [9.17, 15) is 10.1 Å². The standard InChI is InChI=1S/C18H15NO2S/c1-12(20)15-11-21-18(13-6-3-2-4-7-13)14(10-19)17(15)16-8-5-9-22-16/h2-9,15,17H,11H2,1H3/t15-,17+/m1/s1. The first-order valence-corrected chi connectivity index (χ1v) is 7.96. The van der Waals surface area contributed by atoms with E-state index >= 15 is 0 Å². The Kier molecular flexibility index (Phi) is 4.08. The lowest BCUT2D eigenvalue weighted by atomic mass is 9.80. The van der Waals surface area contributed by atoms with Gasteiger partial charge in [0.2, 0.25) is 0 Å². The van der Waals surface area contributed by atoms with E-state index in [0.717, 1.165) is 10.4 Å². The Labute approximate surface area is 133 Å². The van der Waals surface area contributed by atoms with Crippen molar-refractivity contribution in [2.45, 2.75) is 12.8 Å². The molecule has 3 rings (SSSR count). The number of carbonyl (C=O) groups excluding carboxylic acids is 1. The summed E-state index contributed by atoms with van der Waals surface area (Å²) in [5, 5.41) is 11.7. The number of thiophene rings is 1. The van der Waals surface area contributed by atoms with Crippen LogP contribution < -0.4 is 0 Å². The van der Waals surface area contributed by atoms with Crippen molar-refractivity contribution in [3.8, 4) is 6.07 Å². The Hall–Kier alpha value is -2.38. The van der Waals surface area contributed by atoms with E-state index in [1.165, 1.54) is 0 Å². The van der Waals surface area contributed by atoms with Gasteiger partial charge in [-0.05, 0) is 18.4 Å². The highest BCUT2D eigenvalue weighted by molar-refractivity contribution is 7.10. The van der Waals surface area contributed by atoms with Gasteiger partial charge in [0.25, 0.3) is 0 Å². The number of carbonyl (C=O) groups is 1. The van der Waals surface area contributed by atoms with Gasteiger partial charge in [-0.25, -0.2) is 0 Å². The van der Waals surface area contributed by atoms with E-state index in [1.54, 1.807) is 18.3 Å². The van der Waals surface area contributed by atoms with Gasteiger partial charge in [0, 0.05) is 16.4 Å². The molecule has 1 aliphatic heterocycles. The molecule has 2 atom stereocenters. The van der Waals surface area contributed by atoms with Crippen molar-refractivity contribution < 1.29 is 9.53 Å². The van der Waals surface area contributed by atoms with Crippen molar-refractivity contribution >= 4 is 22.9 Å². The summed E-state index contributed by atoms with van der Waals surface area (Å²) in [5.41, 5.74) is 1.42. The summed E-state index contributed by atoms with van der Waals surface area (Å²) in [6.45, 7) is 1.88. The Morgan fingerprint density at radius 1 is 1.27 bits per heavy atom. The van der Waals surface area contributed by atoms with Crippen LogP contribution in [-0.4, -0.2) is 12.4 Å². The van der Waals surface area contributed by atoms with Gasteiger partial charge in [-0.15, -0.1) is 11.3 Å². The number of ketones is 1. The number of rotatable bonds is 3. The van der Waals surface area contributed by atoms with Crippen molar-refractivity contribution in [1.82, 2.24) is 0 Å². The maximum absolute atomic E-state index is 12.0. The highest BCUT2D eigenvalue weighted by Gasteiger charge is 2.38. The van der Waals surface area contributed by atoms with E-state index < -0.39 is 0 Å².